The first-order chi connectivity index (χ1) is 9.11. The summed E-state index contributed by atoms with van der Waals surface area (Å²) in [4.78, 5) is 11.1. The van der Waals surface area contributed by atoms with Gasteiger partial charge in [-0.3, -0.25) is 0 Å². The van der Waals surface area contributed by atoms with Gasteiger partial charge in [0.25, 0.3) is 0 Å². The second kappa shape index (κ2) is 6.66. The van der Waals surface area contributed by atoms with Crippen LogP contribution in [0.15, 0.2) is 10.7 Å². The van der Waals surface area contributed by atoms with E-state index in [0.29, 0.717) is 0 Å². The van der Waals surface area contributed by atoms with Crippen LogP contribution in [-0.2, 0) is 6.42 Å². The normalized spacial score (nSPS) is 23.4. The fraction of sp³-hybridized carbons (Fsp3) is 0.714. The molecule has 106 valence electrons. The van der Waals surface area contributed by atoms with Crippen LogP contribution in [0.1, 0.15) is 44.9 Å². The molecule has 1 aliphatic carbocycles. The highest BCUT2D eigenvalue weighted by Gasteiger charge is 2.27. The summed E-state index contributed by atoms with van der Waals surface area (Å²) in [5.74, 6) is 1.76. The number of nitrogens with zero attached hydrogens (tertiary/aromatic N) is 3. The number of likely N-dealkylation sites (N-methyl/N-ethyl adjacent to an activating group) is 1. The number of anilines is 1. The van der Waals surface area contributed by atoms with Crippen molar-refractivity contribution in [2.75, 3.05) is 11.9 Å². The first-order valence-electron chi connectivity index (χ1n) is 7.06. The summed E-state index contributed by atoms with van der Waals surface area (Å²) in [5.41, 5.74) is 0. The first kappa shape index (κ1) is 14.7. The largest absolute Gasteiger partial charge is 0.391 e. The maximum atomic E-state index is 10.1. The number of aliphatic hydroxyl groups excluding tert-OH is 1. The number of halogens is 1. The highest BCUT2D eigenvalue weighted by atomic mass is 79.9. The molecular formula is C14H22BrN3O. The summed E-state index contributed by atoms with van der Waals surface area (Å²) in [6, 6.07) is 2.10. The van der Waals surface area contributed by atoms with E-state index >= 15 is 0 Å². The highest BCUT2D eigenvalue weighted by Crippen LogP contribution is 2.26. The lowest BCUT2D eigenvalue weighted by Crippen LogP contribution is -2.43. The monoisotopic (exact) mass is 327 g/mol. The minimum absolute atomic E-state index is 0.171. The Hall–Kier alpha value is -0.680. The number of rotatable bonds is 4. The molecule has 1 saturated carbocycles. The molecule has 1 aliphatic rings. The van der Waals surface area contributed by atoms with Crippen molar-refractivity contribution < 1.29 is 5.11 Å². The van der Waals surface area contributed by atoms with Gasteiger partial charge >= 0.3 is 0 Å². The fourth-order valence-electron chi connectivity index (χ4n) is 2.68. The molecule has 0 amide bonds. The number of aromatic nitrogens is 2. The van der Waals surface area contributed by atoms with Crippen LogP contribution in [0.25, 0.3) is 0 Å². The van der Waals surface area contributed by atoms with Crippen molar-refractivity contribution in [3.8, 4) is 0 Å². The molecule has 2 rings (SSSR count). The zero-order valence-electron chi connectivity index (χ0n) is 11.6. The van der Waals surface area contributed by atoms with Gasteiger partial charge in [0.05, 0.1) is 12.1 Å². The predicted molar refractivity (Wildman–Crippen MR) is 80.4 cm³/mol. The van der Waals surface area contributed by atoms with Crippen LogP contribution in [0.2, 0.25) is 0 Å². The molecule has 19 heavy (non-hydrogen) atoms. The summed E-state index contributed by atoms with van der Waals surface area (Å²) in [6.07, 6.45) is 5.90. The van der Waals surface area contributed by atoms with Gasteiger partial charge < -0.3 is 10.0 Å². The van der Waals surface area contributed by atoms with Crippen LogP contribution >= 0.6 is 15.9 Å². The van der Waals surface area contributed by atoms with Crippen LogP contribution in [-0.4, -0.2) is 34.3 Å². The van der Waals surface area contributed by atoms with E-state index in [4.69, 9.17) is 0 Å². The molecule has 0 radical (unpaired) electrons. The molecule has 0 bridgehead atoms. The highest BCUT2D eigenvalue weighted by molar-refractivity contribution is 9.10. The third kappa shape index (κ3) is 3.66. The standard InChI is InChI=1S/C14H22BrN3O/c1-3-6-13-16-12(15)9-14(17-13)18(2)10-7-4-5-8-11(10)19/h9-11,19H,3-8H2,1-2H3. The van der Waals surface area contributed by atoms with Gasteiger partial charge in [-0.1, -0.05) is 19.8 Å². The van der Waals surface area contributed by atoms with Gasteiger partial charge in [-0.2, -0.15) is 0 Å². The molecule has 1 heterocycles. The average Bonchev–Trinajstić information content (AvgIpc) is 2.38. The Kier molecular flexibility index (Phi) is 5.16. The van der Waals surface area contributed by atoms with Crippen LogP contribution < -0.4 is 4.90 Å². The molecule has 1 aromatic rings. The molecule has 5 heteroatoms. The number of hydrogen-bond donors (Lipinski definition) is 1. The molecular weight excluding hydrogens is 306 g/mol. The molecule has 0 saturated heterocycles. The molecule has 4 nitrogen and oxygen atoms in total. The minimum atomic E-state index is -0.248. The molecule has 2 unspecified atom stereocenters. The quantitative estimate of drug-likeness (QED) is 0.864. The van der Waals surface area contributed by atoms with Crippen molar-refractivity contribution in [3.05, 3.63) is 16.5 Å². The van der Waals surface area contributed by atoms with Crippen molar-refractivity contribution in [1.29, 1.82) is 0 Å². The number of aryl methyl sites for hydroxylation is 1. The predicted octanol–water partition coefficient (Wildman–Crippen LogP) is 2.93. The minimum Gasteiger partial charge on any atom is -0.391 e. The Bertz CT molecular complexity index is 427. The molecule has 1 fully saturated rings. The van der Waals surface area contributed by atoms with Gasteiger partial charge in [-0.15, -0.1) is 0 Å². The van der Waals surface area contributed by atoms with Crippen molar-refractivity contribution >= 4 is 21.7 Å². The molecule has 1 aromatic heterocycles. The van der Waals surface area contributed by atoms with Gasteiger partial charge in [0, 0.05) is 19.5 Å². The van der Waals surface area contributed by atoms with Crippen LogP contribution in [0.5, 0.6) is 0 Å². The second-order valence-electron chi connectivity index (χ2n) is 5.25. The van der Waals surface area contributed by atoms with Crippen molar-refractivity contribution in [2.24, 2.45) is 0 Å². The Morgan fingerprint density at radius 2 is 2.11 bits per heavy atom. The lowest BCUT2D eigenvalue weighted by atomic mass is 9.91. The Morgan fingerprint density at radius 3 is 2.79 bits per heavy atom. The maximum Gasteiger partial charge on any atom is 0.133 e. The number of aliphatic hydroxyl groups is 1. The third-order valence-corrected chi connectivity index (χ3v) is 4.16. The van der Waals surface area contributed by atoms with E-state index in [0.717, 1.165) is 48.3 Å². The zero-order valence-corrected chi connectivity index (χ0v) is 13.2. The average molecular weight is 328 g/mol. The van der Waals surface area contributed by atoms with E-state index in [2.05, 4.69) is 37.7 Å². The van der Waals surface area contributed by atoms with Gasteiger partial charge in [0.15, 0.2) is 0 Å². The summed E-state index contributed by atoms with van der Waals surface area (Å²) >= 11 is 3.45. The second-order valence-corrected chi connectivity index (χ2v) is 6.06. The fourth-order valence-corrected chi connectivity index (χ4v) is 3.09. The zero-order chi connectivity index (χ0) is 13.8. The molecule has 2 atom stereocenters. The van der Waals surface area contributed by atoms with E-state index < -0.39 is 0 Å². The summed E-state index contributed by atoms with van der Waals surface area (Å²) in [7, 11) is 2.02. The smallest absolute Gasteiger partial charge is 0.133 e. The van der Waals surface area contributed by atoms with Gasteiger partial charge in [-0.25, -0.2) is 9.97 Å². The molecule has 0 aromatic carbocycles. The lowest BCUT2D eigenvalue weighted by Gasteiger charge is -2.36. The first-order valence-corrected chi connectivity index (χ1v) is 7.85. The van der Waals surface area contributed by atoms with Gasteiger partial charge in [0.1, 0.15) is 16.2 Å². The van der Waals surface area contributed by atoms with E-state index in [1.54, 1.807) is 0 Å². The summed E-state index contributed by atoms with van der Waals surface area (Å²) in [6.45, 7) is 2.12. The van der Waals surface area contributed by atoms with E-state index in [9.17, 15) is 5.11 Å². The lowest BCUT2D eigenvalue weighted by molar-refractivity contribution is 0.106. The van der Waals surface area contributed by atoms with E-state index in [-0.39, 0.29) is 12.1 Å². The molecule has 0 spiro atoms. The van der Waals surface area contributed by atoms with Gasteiger partial charge in [-0.05, 0) is 35.2 Å². The van der Waals surface area contributed by atoms with Crippen molar-refractivity contribution in [3.63, 3.8) is 0 Å². The number of hydrogen-bond acceptors (Lipinski definition) is 4. The van der Waals surface area contributed by atoms with E-state index in [1.807, 2.05) is 13.1 Å². The van der Waals surface area contributed by atoms with Crippen molar-refractivity contribution in [2.45, 2.75) is 57.6 Å². The van der Waals surface area contributed by atoms with Crippen molar-refractivity contribution in [1.82, 2.24) is 9.97 Å². The molecule has 0 aliphatic heterocycles. The van der Waals surface area contributed by atoms with E-state index in [1.165, 1.54) is 6.42 Å². The van der Waals surface area contributed by atoms with Crippen LogP contribution in [0, 0.1) is 0 Å². The third-order valence-electron chi connectivity index (χ3n) is 3.75. The summed E-state index contributed by atoms with van der Waals surface area (Å²) < 4.78 is 0.818. The van der Waals surface area contributed by atoms with Crippen LogP contribution in [0.3, 0.4) is 0 Å². The maximum absolute atomic E-state index is 10.1. The Morgan fingerprint density at radius 1 is 1.37 bits per heavy atom. The SMILES string of the molecule is CCCc1nc(Br)cc(N(C)C2CCCCC2O)n1. The van der Waals surface area contributed by atoms with Crippen LogP contribution in [0.4, 0.5) is 5.82 Å². The van der Waals surface area contributed by atoms with Gasteiger partial charge in [0.2, 0.25) is 0 Å². The topological polar surface area (TPSA) is 49.2 Å². The Labute approximate surface area is 123 Å². The molecule has 1 N–H and O–H groups in total. The Balaban J connectivity index is 2.19. The summed E-state index contributed by atoms with van der Waals surface area (Å²) in [5, 5.41) is 10.1.